The van der Waals surface area contributed by atoms with Crippen LogP contribution in [0.2, 0.25) is 0 Å². The molecule has 2 saturated heterocycles. The first-order valence-electron chi connectivity index (χ1n) is 8.61. The van der Waals surface area contributed by atoms with Crippen molar-refractivity contribution in [3.05, 3.63) is 5.01 Å². The fourth-order valence-electron chi connectivity index (χ4n) is 4.69. The highest BCUT2D eigenvalue weighted by molar-refractivity contribution is 7.15. The molecule has 3 aliphatic rings. The van der Waals surface area contributed by atoms with E-state index in [0.29, 0.717) is 19.1 Å². The third-order valence-corrected chi connectivity index (χ3v) is 6.84. The van der Waals surface area contributed by atoms with E-state index in [0.717, 1.165) is 23.2 Å². The second-order valence-electron chi connectivity index (χ2n) is 7.36. The van der Waals surface area contributed by atoms with E-state index in [1.54, 1.807) is 11.3 Å². The monoisotopic (exact) mass is 336 g/mol. The summed E-state index contributed by atoms with van der Waals surface area (Å²) in [6, 6.07) is 0.600. The van der Waals surface area contributed by atoms with Crippen molar-refractivity contribution in [2.45, 2.75) is 45.1 Å². The van der Waals surface area contributed by atoms with Crippen LogP contribution in [-0.4, -0.2) is 58.4 Å². The Morgan fingerprint density at radius 1 is 1.22 bits per heavy atom. The van der Waals surface area contributed by atoms with Gasteiger partial charge in [-0.3, -0.25) is 9.69 Å². The maximum Gasteiger partial charge on any atom is 0.313 e. The normalized spacial score (nSPS) is 32.4. The molecule has 2 atom stereocenters. The van der Waals surface area contributed by atoms with E-state index in [1.165, 1.54) is 32.1 Å². The second-order valence-corrected chi connectivity index (χ2v) is 8.52. The molecule has 1 N–H and O–H groups in total. The van der Waals surface area contributed by atoms with Crippen molar-refractivity contribution < 1.29 is 9.90 Å². The van der Waals surface area contributed by atoms with E-state index < -0.39 is 11.4 Å². The fourth-order valence-corrected chi connectivity index (χ4v) is 5.39. The fraction of sp³-hybridized carbons (Fsp3) is 0.812. The van der Waals surface area contributed by atoms with Crippen LogP contribution >= 0.6 is 11.3 Å². The van der Waals surface area contributed by atoms with E-state index in [2.05, 4.69) is 20.0 Å². The van der Waals surface area contributed by atoms with Crippen molar-refractivity contribution in [2.24, 2.45) is 11.3 Å². The van der Waals surface area contributed by atoms with E-state index in [-0.39, 0.29) is 5.92 Å². The zero-order valence-electron chi connectivity index (χ0n) is 13.6. The van der Waals surface area contributed by atoms with E-state index in [1.807, 2.05) is 6.92 Å². The summed E-state index contributed by atoms with van der Waals surface area (Å²) in [6.45, 7) is 4.93. The Kier molecular flexibility index (Phi) is 3.80. The molecule has 1 aromatic rings. The number of carboxylic acids is 1. The van der Waals surface area contributed by atoms with Crippen LogP contribution in [0.4, 0.5) is 5.13 Å². The van der Waals surface area contributed by atoms with Crippen molar-refractivity contribution in [3.63, 3.8) is 0 Å². The highest BCUT2D eigenvalue weighted by Crippen LogP contribution is 2.46. The van der Waals surface area contributed by atoms with Crippen LogP contribution in [0.15, 0.2) is 0 Å². The Morgan fingerprint density at radius 2 is 2.00 bits per heavy atom. The largest absolute Gasteiger partial charge is 0.481 e. The van der Waals surface area contributed by atoms with E-state index in [9.17, 15) is 9.90 Å². The standard InChI is InChI=1S/C16H24N4O2S/c1-11-17-18-15(23-11)20-8-12-7-19(13-5-3-2-4-6-13)9-16(12,10-20)14(21)22/h12-13H,2-10H2,1H3,(H,21,22)/t12-,16-/m1/s1. The molecule has 2 aliphatic heterocycles. The lowest BCUT2D eigenvalue weighted by atomic mass is 9.81. The predicted octanol–water partition coefficient (Wildman–Crippen LogP) is 2.00. The van der Waals surface area contributed by atoms with Crippen LogP contribution in [0.5, 0.6) is 0 Å². The number of aromatic nitrogens is 2. The molecule has 3 fully saturated rings. The maximum absolute atomic E-state index is 12.1. The summed E-state index contributed by atoms with van der Waals surface area (Å²) in [7, 11) is 0. The van der Waals surface area contributed by atoms with Crippen LogP contribution in [0, 0.1) is 18.3 Å². The minimum absolute atomic E-state index is 0.200. The highest BCUT2D eigenvalue weighted by Gasteiger charge is 2.58. The lowest BCUT2D eigenvalue weighted by molar-refractivity contribution is -0.148. The van der Waals surface area contributed by atoms with Gasteiger partial charge in [0.15, 0.2) is 0 Å². The number of aliphatic carboxylic acids is 1. The summed E-state index contributed by atoms with van der Waals surface area (Å²) < 4.78 is 0. The first-order valence-corrected chi connectivity index (χ1v) is 9.43. The van der Waals surface area contributed by atoms with Gasteiger partial charge in [0.2, 0.25) is 5.13 Å². The average molecular weight is 336 g/mol. The van der Waals surface area contributed by atoms with Crippen LogP contribution in [0.3, 0.4) is 0 Å². The second kappa shape index (κ2) is 5.70. The molecule has 0 unspecified atom stereocenters. The Balaban J connectivity index is 1.53. The van der Waals surface area contributed by atoms with Gasteiger partial charge in [-0.05, 0) is 19.8 Å². The summed E-state index contributed by atoms with van der Waals surface area (Å²) in [6.07, 6.45) is 6.40. The van der Waals surface area contributed by atoms with Crippen molar-refractivity contribution in [1.82, 2.24) is 15.1 Å². The van der Waals surface area contributed by atoms with Gasteiger partial charge in [-0.25, -0.2) is 0 Å². The zero-order valence-corrected chi connectivity index (χ0v) is 14.4. The van der Waals surface area contributed by atoms with Gasteiger partial charge in [-0.2, -0.15) is 0 Å². The third-order valence-electron chi connectivity index (χ3n) is 5.94. The molecule has 23 heavy (non-hydrogen) atoms. The summed E-state index contributed by atoms with van der Waals surface area (Å²) in [4.78, 5) is 16.7. The van der Waals surface area contributed by atoms with Gasteiger partial charge in [-0.1, -0.05) is 30.6 Å². The first kappa shape index (κ1) is 15.3. The number of carboxylic acid groups (broad SMARTS) is 1. The molecule has 126 valence electrons. The molecule has 3 heterocycles. The molecule has 1 aromatic heterocycles. The minimum Gasteiger partial charge on any atom is -0.481 e. The zero-order chi connectivity index (χ0) is 16.0. The number of likely N-dealkylation sites (tertiary alicyclic amines) is 1. The van der Waals surface area contributed by atoms with Gasteiger partial charge in [0.05, 0.1) is 0 Å². The summed E-state index contributed by atoms with van der Waals surface area (Å²) >= 11 is 1.56. The molecule has 1 saturated carbocycles. The number of hydrogen-bond acceptors (Lipinski definition) is 6. The van der Waals surface area contributed by atoms with Gasteiger partial charge in [0.1, 0.15) is 10.4 Å². The molecule has 6 nitrogen and oxygen atoms in total. The lowest BCUT2D eigenvalue weighted by Crippen LogP contribution is -2.43. The number of aryl methyl sites for hydroxylation is 1. The van der Waals surface area contributed by atoms with Crippen molar-refractivity contribution in [3.8, 4) is 0 Å². The van der Waals surface area contributed by atoms with Crippen molar-refractivity contribution >= 4 is 22.4 Å². The Hall–Kier alpha value is -1.21. The summed E-state index contributed by atoms with van der Waals surface area (Å²) in [5, 5.41) is 20.1. The molecular formula is C16H24N4O2S. The van der Waals surface area contributed by atoms with Crippen LogP contribution in [0.1, 0.15) is 37.1 Å². The third kappa shape index (κ3) is 2.54. The quantitative estimate of drug-likeness (QED) is 0.910. The summed E-state index contributed by atoms with van der Waals surface area (Å²) in [5.41, 5.74) is -0.628. The van der Waals surface area contributed by atoms with E-state index in [4.69, 9.17) is 0 Å². The Morgan fingerprint density at radius 3 is 2.61 bits per heavy atom. The van der Waals surface area contributed by atoms with Gasteiger partial charge >= 0.3 is 5.97 Å². The first-order chi connectivity index (χ1) is 11.1. The van der Waals surface area contributed by atoms with E-state index >= 15 is 0 Å². The van der Waals surface area contributed by atoms with Gasteiger partial charge in [-0.15, -0.1) is 10.2 Å². The highest BCUT2D eigenvalue weighted by atomic mass is 32.1. The molecule has 0 amide bonds. The van der Waals surface area contributed by atoms with Gasteiger partial charge < -0.3 is 10.0 Å². The van der Waals surface area contributed by atoms with Crippen LogP contribution < -0.4 is 4.90 Å². The number of carbonyl (C=O) groups is 1. The summed E-state index contributed by atoms with van der Waals surface area (Å²) in [5.74, 6) is -0.435. The topological polar surface area (TPSA) is 69.6 Å². The molecule has 7 heteroatoms. The molecule has 0 radical (unpaired) electrons. The molecule has 1 aliphatic carbocycles. The van der Waals surface area contributed by atoms with Crippen molar-refractivity contribution in [1.29, 1.82) is 0 Å². The van der Waals surface area contributed by atoms with Gasteiger partial charge in [0, 0.05) is 38.1 Å². The van der Waals surface area contributed by atoms with Crippen molar-refractivity contribution in [2.75, 3.05) is 31.1 Å². The maximum atomic E-state index is 12.1. The lowest BCUT2D eigenvalue weighted by Gasteiger charge is -2.33. The molecule has 0 aromatic carbocycles. The average Bonchev–Trinajstić information content (AvgIpc) is 3.20. The minimum atomic E-state index is -0.635. The SMILES string of the molecule is Cc1nnc(N2C[C@H]3CN(C4CCCCC4)C[C@@]3(C(=O)O)C2)s1. The number of rotatable bonds is 3. The molecule has 4 rings (SSSR count). The van der Waals surface area contributed by atoms with Crippen LogP contribution in [-0.2, 0) is 4.79 Å². The molecular weight excluding hydrogens is 312 g/mol. The Bertz CT molecular complexity index is 601. The Labute approximate surface area is 140 Å². The molecule has 0 bridgehead atoms. The number of fused-ring (bicyclic) bond motifs is 1. The number of nitrogens with zero attached hydrogens (tertiary/aromatic N) is 4. The number of anilines is 1. The molecule has 0 spiro atoms. The predicted molar refractivity (Wildman–Crippen MR) is 88.9 cm³/mol. The smallest absolute Gasteiger partial charge is 0.313 e. The van der Waals surface area contributed by atoms with Gasteiger partial charge in [0.25, 0.3) is 0 Å². The number of hydrogen-bond donors (Lipinski definition) is 1. The van der Waals surface area contributed by atoms with Crippen LogP contribution in [0.25, 0.3) is 0 Å².